The van der Waals surface area contributed by atoms with Gasteiger partial charge in [-0.25, -0.2) is 0 Å². The number of rotatable bonds is 5. The summed E-state index contributed by atoms with van der Waals surface area (Å²) in [5.41, 5.74) is 6.48. The van der Waals surface area contributed by atoms with Gasteiger partial charge in [-0.1, -0.05) is 71.7 Å². The van der Waals surface area contributed by atoms with Crippen molar-refractivity contribution in [3.8, 4) is 5.75 Å². The minimum absolute atomic E-state index is 0.143. The van der Waals surface area contributed by atoms with E-state index in [0.29, 0.717) is 12.2 Å². The number of ketones is 1. The van der Waals surface area contributed by atoms with Crippen molar-refractivity contribution < 1.29 is 9.90 Å². The number of allylic oxidation sites excluding steroid dienone is 4. The molecule has 0 atom stereocenters. The summed E-state index contributed by atoms with van der Waals surface area (Å²) in [6, 6.07) is 4.21. The van der Waals surface area contributed by atoms with Gasteiger partial charge >= 0.3 is 0 Å². The van der Waals surface area contributed by atoms with Crippen molar-refractivity contribution in [3.05, 3.63) is 51.6 Å². The van der Waals surface area contributed by atoms with E-state index in [1.165, 1.54) is 30.4 Å². The Morgan fingerprint density at radius 1 is 1.03 bits per heavy atom. The largest absolute Gasteiger partial charge is 0.507 e. The molecule has 1 aromatic rings. The number of hydrogen-bond acceptors (Lipinski definition) is 2. The lowest BCUT2D eigenvalue weighted by Gasteiger charge is -2.28. The van der Waals surface area contributed by atoms with Crippen molar-refractivity contribution in [2.75, 3.05) is 0 Å². The van der Waals surface area contributed by atoms with Gasteiger partial charge in [0.1, 0.15) is 5.75 Å². The zero-order valence-corrected chi connectivity index (χ0v) is 19.4. The van der Waals surface area contributed by atoms with E-state index in [9.17, 15) is 9.90 Å². The second-order valence-corrected chi connectivity index (χ2v) is 11.1. The van der Waals surface area contributed by atoms with Gasteiger partial charge in [-0.15, -0.1) is 0 Å². The molecule has 2 nitrogen and oxygen atoms in total. The number of phenols is 1. The van der Waals surface area contributed by atoms with Gasteiger partial charge in [-0.3, -0.25) is 4.79 Å². The molecule has 1 fully saturated rings. The van der Waals surface area contributed by atoms with Crippen LogP contribution in [-0.4, -0.2) is 10.9 Å². The lowest BCUT2D eigenvalue weighted by molar-refractivity contribution is -0.115. The van der Waals surface area contributed by atoms with Crippen molar-refractivity contribution >= 4 is 5.78 Å². The first kappa shape index (κ1) is 21.9. The highest BCUT2D eigenvalue weighted by Gasteiger charge is 2.29. The molecule has 2 heteroatoms. The molecule has 3 rings (SSSR count). The predicted molar refractivity (Wildman–Crippen MR) is 122 cm³/mol. The van der Waals surface area contributed by atoms with Gasteiger partial charge in [0.05, 0.1) is 0 Å². The maximum absolute atomic E-state index is 13.0. The van der Waals surface area contributed by atoms with Crippen LogP contribution >= 0.6 is 0 Å². The maximum Gasteiger partial charge on any atom is 0.159 e. The van der Waals surface area contributed by atoms with Crippen LogP contribution in [0.4, 0.5) is 0 Å². The average molecular weight is 395 g/mol. The number of aryl methyl sites for hydroxylation is 1. The van der Waals surface area contributed by atoms with E-state index in [-0.39, 0.29) is 16.6 Å². The molecular weight excluding hydrogens is 356 g/mol. The lowest BCUT2D eigenvalue weighted by Crippen LogP contribution is -2.18. The fraction of sp³-hybridized carbons (Fsp3) is 0.593. The summed E-state index contributed by atoms with van der Waals surface area (Å²) in [6.45, 7) is 14.9. The minimum Gasteiger partial charge on any atom is -0.507 e. The average Bonchev–Trinajstić information content (AvgIpc) is 2.91. The molecule has 0 spiro atoms. The standard InChI is InChI=1S/C27H38O2/c1-17-13-20(19-9-8-10-19)16-21(17)24(28)12-11-18-14-22(26(2,3)4)25(29)23(15-18)27(5,6)7/h13-15,19,29H,8-12,16H2,1-7H3. The number of phenolic OH excluding ortho intramolecular Hbond substituents is 1. The fourth-order valence-corrected chi connectivity index (χ4v) is 4.51. The third-order valence-corrected chi connectivity index (χ3v) is 6.65. The Balaban J connectivity index is 1.77. The molecule has 0 amide bonds. The van der Waals surface area contributed by atoms with Crippen molar-refractivity contribution in [2.45, 2.75) is 97.8 Å². The molecule has 0 aromatic heterocycles. The van der Waals surface area contributed by atoms with Crippen LogP contribution < -0.4 is 0 Å². The quantitative estimate of drug-likeness (QED) is 0.587. The van der Waals surface area contributed by atoms with Crippen molar-refractivity contribution in [2.24, 2.45) is 5.92 Å². The van der Waals surface area contributed by atoms with Crippen LogP contribution in [0.3, 0.4) is 0 Å². The van der Waals surface area contributed by atoms with Crippen LogP contribution in [0.2, 0.25) is 0 Å². The molecule has 0 aliphatic heterocycles. The molecule has 1 N–H and O–H groups in total. The summed E-state index contributed by atoms with van der Waals surface area (Å²) >= 11 is 0. The second kappa shape index (κ2) is 7.78. The lowest BCUT2D eigenvalue weighted by atomic mass is 9.77. The Kier molecular flexibility index (Phi) is 5.87. The molecule has 0 radical (unpaired) electrons. The third kappa shape index (κ3) is 4.68. The summed E-state index contributed by atoms with van der Waals surface area (Å²) in [5, 5.41) is 10.9. The molecule has 1 saturated carbocycles. The van der Waals surface area contributed by atoms with Gasteiger partial charge in [0, 0.05) is 12.0 Å². The molecule has 2 aliphatic rings. The Labute approximate surface area is 177 Å². The highest BCUT2D eigenvalue weighted by atomic mass is 16.3. The van der Waals surface area contributed by atoms with E-state index in [1.807, 2.05) is 0 Å². The summed E-state index contributed by atoms with van der Waals surface area (Å²) < 4.78 is 0. The van der Waals surface area contributed by atoms with Crippen LogP contribution in [0.1, 0.15) is 97.3 Å². The Hall–Kier alpha value is -1.83. The molecule has 2 aliphatic carbocycles. The topological polar surface area (TPSA) is 37.3 Å². The third-order valence-electron chi connectivity index (χ3n) is 6.65. The summed E-state index contributed by atoms with van der Waals surface area (Å²) in [4.78, 5) is 13.0. The molecule has 0 unspecified atom stereocenters. The molecule has 0 bridgehead atoms. The molecule has 29 heavy (non-hydrogen) atoms. The molecule has 0 heterocycles. The van der Waals surface area contributed by atoms with Gasteiger partial charge in [0.2, 0.25) is 0 Å². The van der Waals surface area contributed by atoms with Crippen LogP contribution in [0, 0.1) is 5.92 Å². The van der Waals surface area contributed by atoms with Crippen molar-refractivity contribution in [1.29, 1.82) is 0 Å². The highest BCUT2D eigenvalue weighted by molar-refractivity contribution is 5.98. The number of aromatic hydroxyl groups is 1. The highest BCUT2D eigenvalue weighted by Crippen LogP contribution is 2.42. The smallest absolute Gasteiger partial charge is 0.159 e. The van der Waals surface area contributed by atoms with E-state index >= 15 is 0 Å². The van der Waals surface area contributed by atoms with Gasteiger partial charge in [-0.2, -0.15) is 0 Å². The normalized spacial score (nSPS) is 18.1. The van der Waals surface area contributed by atoms with Gasteiger partial charge in [0.25, 0.3) is 0 Å². The van der Waals surface area contributed by atoms with Crippen LogP contribution in [-0.2, 0) is 22.0 Å². The van der Waals surface area contributed by atoms with Gasteiger partial charge < -0.3 is 5.11 Å². The maximum atomic E-state index is 13.0. The number of carbonyl (C=O) groups excluding carboxylic acids is 1. The number of hydrogen-bond donors (Lipinski definition) is 1. The van der Waals surface area contributed by atoms with E-state index < -0.39 is 0 Å². The van der Waals surface area contributed by atoms with E-state index in [0.717, 1.165) is 41.0 Å². The number of carbonyl (C=O) groups is 1. The van der Waals surface area contributed by atoms with Crippen molar-refractivity contribution in [1.82, 2.24) is 0 Å². The monoisotopic (exact) mass is 394 g/mol. The van der Waals surface area contributed by atoms with Crippen LogP contribution in [0.25, 0.3) is 0 Å². The number of Topliss-reactive ketones (excluding diaryl/α,β-unsaturated/α-hetero) is 1. The molecular formula is C27H38O2. The van der Waals surface area contributed by atoms with Crippen LogP contribution in [0.5, 0.6) is 5.75 Å². The SMILES string of the molecule is CC1=C(C(=O)CCc2cc(C(C)(C)C)c(O)c(C(C)(C)C)c2)CC(C2CCC2)=C1. The van der Waals surface area contributed by atoms with Crippen LogP contribution in [0.15, 0.2) is 34.9 Å². The second-order valence-electron chi connectivity index (χ2n) is 11.1. The predicted octanol–water partition coefficient (Wildman–Crippen LogP) is 6.94. The molecule has 158 valence electrons. The Morgan fingerprint density at radius 2 is 1.59 bits per heavy atom. The fourth-order valence-electron chi connectivity index (χ4n) is 4.51. The first-order chi connectivity index (χ1) is 13.4. The van der Waals surface area contributed by atoms with E-state index in [2.05, 4.69) is 66.7 Å². The zero-order valence-electron chi connectivity index (χ0n) is 19.4. The summed E-state index contributed by atoms with van der Waals surface area (Å²) in [5.74, 6) is 1.41. The molecule has 1 aromatic carbocycles. The molecule has 0 saturated heterocycles. The van der Waals surface area contributed by atoms with Crippen molar-refractivity contribution in [3.63, 3.8) is 0 Å². The van der Waals surface area contributed by atoms with E-state index in [1.54, 1.807) is 0 Å². The first-order valence-electron chi connectivity index (χ1n) is 11.2. The first-order valence-corrected chi connectivity index (χ1v) is 11.2. The van der Waals surface area contributed by atoms with Gasteiger partial charge in [0.15, 0.2) is 5.78 Å². The zero-order chi connectivity index (χ0) is 21.6. The number of benzene rings is 1. The summed E-state index contributed by atoms with van der Waals surface area (Å²) in [7, 11) is 0. The Morgan fingerprint density at radius 3 is 2.03 bits per heavy atom. The summed E-state index contributed by atoms with van der Waals surface area (Å²) in [6.07, 6.45) is 8.31. The van der Waals surface area contributed by atoms with E-state index in [4.69, 9.17) is 0 Å². The Bertz CT molecular complexity index is 830. The van der Waals surface area contributed by atoms with Gasteiger partial charge in [-0.05, 0) is 71.6 Å². The minimum atomic E-state index is -0.143.